The van der Waals surface area contributed by atoms with E-state index in [-0.39, 0.29) is 6.10 Å². The summed E-state index contributed by atoms with van der Waals surface area (Å²) in [6.45, 7) is 6.72. The van der Waals surface area contributed by atoms with Crippen LogP contribution >= 0.6 is 11.3 Å². The highest BCUT2D eigenvalue weighted by atomic mass is 32.1. The number of aryl methyl sites for hydroxylation is 1. The molecule has 0 amide bonds. The lowest BCUT2D eigenvalue weighted by molar-refractivity contribution is 0.0385. The second-order valence-corrected chi connectivity index (χ2v) is 6.45. The maximum absolute atomic E-state index is 6.05. The van der Waals surface area contributed by atoms with Crippen LogP contribution in [0.1, 0.15) is 42.1 Å². The van der Waals surface area contributed by atoms with E-state index in [1.54, 1.807) is 11.3 Å². The molecule has 0 aliphatic heterocycles. The van der Waals surface area contributed by atoms with Gasteiger partial charge >= 0.3 is 0 Å². The van der Waals surface area contributed by atoms with Crippen molar-refractivity contribution < 1.29 is 9.26 Å². The predicted molar refractivity (Wildman–Crippen MR) is 78.6 cm³/mol. The average molecular weight is 293 g/mol. The third kappa shape index (κ3) is 2.33. The maximum atomic E-state index is 6.05. The topological polar surface area (TPSA) is 74.2 Å². The van der Waals surface area contributed by atoms with Crippen LogP contribution in [0.3, 0.4) is 0 Å². The molecule has 2 N–H and O–H groups in total. The first-order chi connectivity index (χ1) is 9.61. The van der Waals surface area contributed by atoms with Gasteiger partial charge in [0.1, 0.15) is 6.10 Å². The summed E-state index contributed by atoms with van der Waals surface area (Å²) in [5, 5.41) is 4.83. The third-order valence-electron chi connectivity index (χ3n) is 3.72. The van der Waals surface area contributed by atoms with E-state index in [4.69, 9.17) is 15.0 Å². The Bertz CT molecular complexity index is 616. The van der Waals surface area contributed by atoms with Gasteiger partial charge in [0.25, 0.3) is 5.89 Å². The summed E-state index contributed by atoms with van der Waals surface area (Å²) < 4.78 is 11.2. The molecule has 6 heteroatoms. The molecular weight excluding hydrogens is 274 g/mol. The molecule has 1 fully saturated rings. The van der Waals surface area contributed by atoms with E-state index < -0.39 is 0 Å². The van der Waals surface area contributed by atoms with Gasteiger partial charge in [-0.1, -0.05) is 5.16 Å². The second-order valence-electron chi connectivity index (χ2n) is 5.19. The van der Waals surface area contributed by atoms with Crippen molar-refractivity contribution in [3.63, 3.8) is 0 Å². The van der Waals surface area contributed by atoms with Gasteiger partial charge in [-0.25, -0.2) is 0 Å². The van der Waals surface area contributed by atoms with Gasteiger partial charge < -0.3 is 15.0 Å². The van der Waals surface area contributed by atoms with Crippen LogP contribution < -0.4 is 5.73 Å². The zero-order valence-corrected chi connectivity index (χ0v) is 12.8. The van der Waals surface area contributed by atoms with Crippen LogP contribution in [0, 0.1) is 19.8 Å². The van der Waals surface area contributed by atoms with Crippen LogP contribution in [0.2, 0.25) is 0 Å². The molecular formula is C14H19N3O2S. The summed E-state index contributed by atoms with van der Waals surface area (Å²) >= 11 is 1.56. The van der Waals surface area contributed by atoms with Crippen LogP contribution in [0.25, 0.3) is 11.5 Å². The fourth-order valence-electron chi connectivity index (χ4n) is 2.37. The smallest absolute Gasteiger partial charge is 0.261 e. The fraction of sp³-hybridized carbons (Fsp3) is 0.571. The highest BCUT2D eigenvalue weighted by molar-refractivity contribution is 7.16. The van der Waals surface area contributed by atoms with Gasteiger partial charge in [-0.2, -0.15) is 4.98 Å². The van der Waals surface area contributed by atoms with Crippen molar-refractivity contribution in [1.82, 2.24) is 10.1 Å². The van der Waals surface area contributed by atoms with Crippen LogP contribution in [0.4, 0.5) is 5.00 Å². The lowest BCUT2D eigenvalue weighted by Gasteiger charge is -2.10. The summed E-state index contributed by atoms with van der Waals surface area (Å²) in [7, 11) is 0. The molecule has 1 aliphatic rings. The molecule has 0 saturated heterocycles. The van der Waals surface area contributed by atoms with Gasteiger partial charge in [0.05, 0.1) is 10.6 Å². The van der Waals surface area contributed by atoms with Crippen molar-refractivity contribution in [1.29, 1.82) is 0 Å². The number of thiophene rings is 1. The Kier molecular flexibility index (Phi) is 3.52. The maximum Gasteiger partial charge on any atom is 0.261 e. The molecule has 1 unspecified atom stereocenters. The molecule has 0 spiro atoms. The number of aromatic nitrogens is 2. The minimum Gasteiger partial charge on any atom is -0.390 e. The summed E-state index contributed by atoms with van der Waals surface area (Å²) in [4.78, 5) is 5.70. The molecule has 0 bridgehead atoms. The van der Waals surface area contributed by atoms with Gasteiger partial charge in [-0.15, -0.1) is 11.3 Å². The van der Waals surface area contributed by atoms with E-state index >= 15 is 0 Å². The summed E-state index contributed by atoms with van der Waals surface area (Å²) in [5.41, 5.74) is 8.04. The SMILES string of the molecule is CCOC(c1noc(-c2c(N)sc(C)c2C)n1)C1CC1. The first-order valence-corrected chi connectivity index (χ1v) is 7.74. The zero-order chi connectivity index (χ0) is 14.3. The molecule has 0 radical (unpaired) electrons. The van der Waals surface area contributed by atoms with Crippen LogP contribution in [-0.4, -0.2) is 16.7 Å². The average Bonchev–Trinajstić information content (AvgIpc) is 3.08. The Morgan fingerprint density at radius 1 is 1.45 bits per heavy atom. The zero-order valence-electron chi connectivity index (χ0n) is 12.0. The molecule has 2 aromatic rings. The molecule has 1 atom stereocenters. The van der Waals surface area contributed by atoms with E-state index in [0.717, 1.165) is 16.1 Å². The van der Waals surface area contributed by atoms with Gasteiger partial charge in [0.15, 0.2) is 0 Å². The third-order valence-corrected chi connectivity index (χ3v) is 4.76. The van der Waals surface area contributed by atoms with Crippen LogP contribution in [0.15, 0.2) is 4.52 Å². The molecule has 108 valence electrons. The molecule has 2 aromatic heterocycles. The van der Waals surface area contributed by atoms with Crippen molar-refractivity contribution in [3.05, 3.63) is 16.3 Å². The Hall–Kier alpha value is -1.40. The van der Waals surface area contributed by atoms with E-state index in [9.17, 15) is 0 Å². The number of nitrogens with zero attached hydrogens (tertiary/aromatic N) is 2. The number of ether oxygens (including phenoxy) is 1. The highest BCUT2D eigenvalue weighted by Gasteiger charge is 2.36. The molecule has 1 aliphatic carbocycles. The molecule has 2 heterocycles. The van der Waals surface area contributed by atoms with Crippen LogP contribution in [0.5, 0.6) is 0 Å². The monoisotopic (exact) mass is 293 g/mol. The van der Waals surface area contributed by atoms with Crippen LogP contribution in [-0.2, 0) is 4.74 Å². The van der Waals surface area contributed by atoms with Crippen molar-refractivity contribution in [3.8, 4) is 11.5 Å². The Morgan fingerprint density at radius 2 is 2.20 bits per heavy atom. The molecule has 3 rings (SSSR count). The number of rotatable bonds is 5. The largest absolute Gasteiger partial charge is 0.390 e. The van der Waals surface area contributed by atoms with Crippen molar-refractivity contribution in [2.75, 3.05) is 12.3 Å². The summed E-state index contributed by atoms with van der Waals surface area (Å²) in [6.07, 6.45) is 2.30. The van der Waals surface area contributed by atoms with Gasteiger partial charge in [-0.3, -0.25) is 0 Å². The molecule has 5 nitrogen and oxygen atoms in total. The quantitative estimate of drug-likeness (QED) is 0.913. The number of nitrogens with two attached hydrogens (primary N) is 1. The Balaban J connectivity index is 1.93. The number of nitrogen functional groups attached to an aromatic ring is 1. The standard InChI is InChI=1S/C14H19N3O2S/c1-4-18-11(9-5-6-9)13-16-14(19-17-13)10-7(2)8(3)20-12(10)15/h9,11H,4-6,15H2,1-3H3. The van der Waals surface area contributed by atoms with Gasteiger partial charge in [0.2, 0.25) is 5.82 Å². The lowest BCUT2D eigenvalue weighted by Crippen LogP contribution is -2.08. The Morgan fingerprint density at radius 3 is 2.75 bits per heavy atom. The van der Waals surface area contributed by atoms with Gasteiger partial charge in [0, 0.05) is 11.5 Å². The van der Waals surface area contributed by atoms with E-state index in [1.807, 2.05) is 20.8 Å². The molecule has 0 aromatic carbocycles. The van der Waals surface area contributed by atoms with E-state index in [1.165, 1.54) is 17.7 Å². The first kappa shape index (κ1) is 13.6. The highest BCUT2D eigenvalue weighted by Crippen LogP contribution is 2.43. The molecule has 1 saturated carbocycles. The number of anilines is 1. The van der Waals surface area contributed by atoms with E-state index in [0.29, 0.717) is 24.2 Å². The predicted octanol–water partition coefficient (Wildman–Crippen LogP) is 3.48. The second kappa shape index (κ2) is 5.18. The fourth-order valence-corrected chi connectivity index (χ4v) is 3.30. The number of hydrogen-bond donors (Lipinski definition) is 1. The summed E-state index contributed by atoms with van der Waals surface area (Å²) in [5.74, 6) is 1.68. The molecule has 20 heavy (non-hydrogen) atoms. The Labute approximate surface area is 122 Å². The first-order valence-electron chi connectivity index (χ1n) is 6.92. The van der Waals surface area contributed by atoms with Crippen molar-refractivity contribution in [2.24, 2.45) is 5.92 Å². The minimum absolute atomic E-state index is 0.0428. The lowest BCUT2D eigenvalue weighted by atomic mass is 10.1. The van der Waals surface area contributed by atoms with Gasteiger partial charge in [-0.05, 0) is 45.1 Å². The van der Waals surface area contributed by atoms with Crippen molar-refractivity contribution in [2.45, 2.75) is 39.7 Å². The summed E-state index contributed by atoms with van der Waals surface area (Å²) in [6, 6.07) is 0. The van der Waals surface area contributed by atoms with Crippen molar-refractivity contribution >= 4 is 16.3 Å². The minimum atomic E-state index is -0.0428. The number of hydrogen-bond acceptors (Lipinski definition) is 6. The van der Waals surface area contributed by atoms with E-state index in [2.05, 4.69) is 10.1 Å². The normalized spacial score (nSPS) is 16.6.